The van der Waals surface area contributed by atoms with Crippen molar-refractivity contribution in [3.63, 3.8) is 0 Å². The Morgan fingerprint density at radius 3 is 1.70 bits per heavy atom. The SMILES string of the molecule is CCCCC(F)C(F)(F)C(F)(F)C(F)(F)C(F)(F)C(F)(F)C(F)(F)C(=O)Oc1ccccc1. The van der Waals surface area contributed by atoms with Gasteiger partial charge in [-0.2, -0.15) is 52.7 Å². The number of hydrogen-bond acceptors (Lipinski definition) is 2. The van der Waals surface area contributed by atoms with Gasteiger partial charge < -0.3 is 4.74 Å². The molecule has 0 saturated carbocycles. The van der Waals surface area contributed by atoms with E-state index in [9.17, 15) is 61.9 Å². The summed E-state index contributed by atoms with van der Waals surface area (Å²) in [7, 11) is 0. The van der Waals surface area contributed by atoms with Gasteiger partial charge in [0.05, 0.1) is 0 Å². The number of hydrogen-bond donors (Lipinski definition) is 0. The monoisotopic (exact) mass is 510 g/mol. The summed E-state index contributed by atoms with van der Waals surface area (Å²) in [4.78, 5) is 11.3. The lowest BCUT2D eigenvalue weighted by Gasteiger charge is -2.41. The summed E-state index contributed by atoms with van der Waals surface area (Å²) >= 11 is 0. The number of unbranched alkanes of at least 4 members (excludes halogenated alkanes) is 1. The molecule has 0 aromatic heterocycles. The van der Waals surface area contributed by atoms with Crippen LogP contribution in [0.4, 0.5) is 57.1 Å². The molecule has 1 rings (SSSR count). The summed E-state index contributed by atoms with van der Waals surface area (Å²) in [5.74, 6) is -49.3. The second-order valence-corrected chi connectivity index (χ2v) is 6.81. The highest BCUT2D eigenvalue weighted by Crippen LogP contribution is 2.61. The smallest absolute Gasteiger partial charge is 0.411 e. The molecule has 0 radical (unpaired) electrons. The van der Waals surface area contributed by atoms with Crippen molar-refractivity contribution >= 4 is 5.97 Å². The van der Waals surface area contributed by atoms with E-state index in [1.54, 1.807) is 0 Å². The molecule has 190 valence electrons. The Kier molecular flexibility index (Phi) is 8.03. The van der Waals surface area contributed by atoms with Crippen LogP contribution >= 0.6 is 0 Å². The fourth-order valence-electron chi connectivity index (χ4n) is 2.35. The molecule has 0 aliphatic rings. The molecular formula is C18H15F13O2. The summed E-state index contributed by atoms with van der Waals surface area (Å²) in [5, 5.41) is 0. The van der Waals surface area contributed by atoms with Crippen molar-refractivity contribution in [3.8, 4) is 5.75 Å². The molecular weight excluding hydrogens is 495 g/mol. The number of ether oxygens (including phenoxy) is 1. The van der Waals surface area contributed by atoms with Crippen molar-refractivity contribution in [3.05, 3.63) is 30.3 Å². The third kappa shape index (κ3) is 4.59. The van der Waals surface area contributed by atoms with Crippen molar-refractivity contribution in [1.29, 1.82) is 0 Å². The Labute approximate surface area is 177 Å². The van der Waals surface area contributed by atoms with Gasteiger partial charge in [-0.05, 0) is 18.6 Å². The standard InChI is InChI=1S/C18H15F13O2/c1-2-3-9-11(19)13(20,21)15(24,25)17(28,29)18(30,31)16(26,27)14(22,23)12(32)33-10-7-5-4-6-8-10/h4-8,11H,2-3,9H2,1H3. The Morgan fingerprint density at radius 1 is 0.788 bits per heavy atom. The molecule has 0 heterocycles. The van der Waals surface area contributed by atoms with Crippen molar-refractivity contribution < 1.29 is 66.6 Å². The molecule has 2 nitrogen and oxygen atoms in total. The van der Waals surface area contributed by atoms with Gasteiger partial charge in [0.1, 0.15) is 5.75 Å². The van der Waals surface area contributed by atoms with E-state index in [0.717, 1.165) is 12.1 Å². The molecule has 15 heteroatoms. The van der Waals surface area contributed by atoms with Gasteiger partial charge >= 0.3 is 41.5 Å². The lowest BCUT2D eigenvalue weighted by molar-refractivity contribution is -0.425. The molecule has 1 aromatic rings. The molecule has 1 aromatic carbocycles. The van der Waals surface area contributed by atoms with Gasteiger partial charge in [0, 0.05) is 0 Å². The van der Waals surface area contributed by atoms with E-state index < -0.39 is 66.3 Å². The maximum absolute atomic E-state index is 13.8. The lowest BCUT2D eigenvalue weighted by Crippen LogP contribution is -2.73. The van der Waals surface area contributed by atoms with E-state index in [1.165, 1.54) is 13.0 Å². The first-order valence-corrected chi connectivity index (χ1v) is 8.91. The summed E-state index contributed by atoms with van der Waals surface area (Å²) in [6, 6.07) is 4.50. The minimum absolute atomic E-state index is 0.136. The van der Waals surface area contributed by atoms with Crippen LogP contribution in [0.3, 0.4) is 0 Å². The predicted molar refractivity (Wildman–Crippen MR) is 86.2 cm³/mol. The molecule has 0 amide bonds. The van der Waals surface area contributed by atoms with Gasteiger partial charge in [-0.15, -0.1) is 0 Å². The van der Waals surface area contributed by atoms with Crippen LogP contribution in [0.5, 0.6) is 5.75 Å². The zero-order valence-electron chi connectivity index (χ0n) is 16.3. The minimum Gasteiger partial charge on any atom is -0.422 e. The molecule has 0 fully saturated rings. The summed E-state index contributed by atoms with van der Waals surface area (Å²) in [5.41, 5.74) is 0. The quantitative estimate of drug-likeness (QED) is 0.183. The second-order valence-electron chi connectivity index (χ2n) is 6.81. The Balaban J connectivity index is 3.41. The van der Waals surface area contributed by atoms with Gasteiger partial charge in [0.2, 0.25) is 0 Å². The zero-order valence-corrected chi connectivity index (χ0v) is 16.3. The minimum atomic E-state index is -7.99. The summed E-state index contributed by atoms with van der Waals surface area (Å²) < 4.78 is 182. The Hall–Kier alpha value is -2.22. The number of rotatable bonds is 11. The van der Waals surface area contributed by atoms with Gasteiger partial charge in [-0.25, -0.2) is 9.18 Å². The first kappa shape index (κ1) is 28.8. The lowest BCUT2D eigenvalue weighted by atomic mass is 9.89. The van der Waals surface area contributed by atoms with Crippen LogP contribution in [0.25, 0.3) is 0 Å². The Morgan fingerprint density at radius 2 is 1.24 bits per heavy atom. The van der Waals surface area contributed by atoms with Crippen molar-refractivity contribution in [2.45, 2.75) is 67.9 Å². The van der Waals surface area contributed by atoms with Crippen LogP contribution in [0, 0.1) is 0 Å². The predicted octanol–water partition coefficient (Wildman–Crippen LogP) is 6.93. The van der Waals surface area contributed by atoms with Gasteiger partial charge in [0.15, 0.2) is 6.17 Å². The van der Waals surface area contributed by atoms with Crippen LogP contribution in [0.1, 0.15) is 26.2 Å². The zero-order chi connectivity index (χ0) is 26.1. The van der Waals surface area contributed by atoms with E-state index in [-0.39, 0.29) is 6.42 Å². The molecule has 0 bridgehead atoms. The third-order valence-electron chi connectivity index (χ3n) is 4.41. The average Bonchev–Trinajstić information content (AvgIpc) is 2.71. The normalized spacial score (nSPS) is 15.3. The number of carbonyl (C=O) groups excluding carboxylic acids is 1. The molecule has 1 unspecified atom stereocenters. The Bertz CT molecular complexity index is 809. The van der Waals surface area contributed by atoms with Crippen LogP contribution in [0.15, 0.2) is 30.3 Å². The molecule has 0 aliphatic heterocycles. The van der Waals surface area contributed by atoms with Crippen molar-refractivity contribution in [2.24, 2.45) is 0 Å². The molecule has 0 N–H and O–H groups in total. The largest absolute Gasteiger partial charge is 0.422 e. The maximum atomic E-state index is 13.8. The van der Waals surface area contributed by atoms with Crippen LogP contribution in [-0.2, 0) is 4.79 Å². The van der Waals surface area contributed by atoms with Gasteiger partial charge in [-0.1, -0.05) is 38.0 Å². The first-order valence-electron chi connectivity index (χ1n) is 8.91. The van der Waals surface area contributed by atoms with Crippen molar-refractivity contribution in [1.82, 2.24) is 0 Å². The highest BCUT2D eigenvalue weighted by Gasteiger charge is 2.92. The highest BCUT2D eigenvalue weighted by atomic mass is 19.4. The number of alkyl halides is 13. The van der Waals surface area contributed by atoms with Crippen LogP contribution in [-0.4, -0.2) is 47.7 Å². The molecule has 0 saturated heterocycles. The second kappa shape index (κ2) is 9.20. The van der Waals surface area contributed by atoms with E-state index in [1.807, 2.05) is 0 Å². The van der Waals surface area contributed by atoms with E-state index in [4.69, 9.17) is 0 Å². The van der Waals surface area contributed by atoms with Crippen LogP contribution in [0.2, 0.25) is 0 Å². The first-order chi connectivity index (χ1) is 14.7. The molecule has 0 aliphatic carbocycles. The van der Waals surface area contributed by atoms with E-state index in [2.05, 4.69) is 4.74 Å². The number of halogens is 13. The topological polar surface area (TPSA) is 26.3 Å². The fraction of sp³-hybridized carbons (Fsp3) is 0.611. The van der Waals surface area contributed by atoms with E-state index in [0.29, 0.717) is 12.1 Å². The summed E-state index contributed by atoms with van der Waals surface area (Å²) in [6.45, 7) is 1.23. The van der Waals surface area contributed by atoms with Crippen molar-refractivity contribution in [2.75, 3.05) is 0 Å². The summed E-state index contributed by atoms with van der Waals surface area (Å²) in [6.07, 6.45) is -6.53. The molecule has 33 heavy (non-hydrogen) atoms. The highest BCUT2D eigenvalue weighted by molar-refractivity contribution is 5.81. The number of carbonyl (C=O) groups is 1. The molecule has 0 spiro atoms. The average molecular weight is 510 g/mol. The van der Waals surface area contributed by atoms with Crippen LogP contribution < -0.4 is 4.74 Å². The fourth-order valence-corrected chi connectivity index (χ4v) is 2.35. The number of benzene rings is 1. The maximum Gasteiger partial charge on any atom is 0.411 e. The van der Waals surface area contributed by atoms with Gasteiger partial charge in [-0.3, -0.25) is 0 Å². The molecule has 1 atom stereocenters. The van der Waals surface area contributed by atoms with E-state index >= 15 is 0 Å². The number of para-hydroxylation sites is 1. The van der Waals surface area contributed by atoms with Gasteiger partial charge in [0.25, 0.3) is 0 Å². The third-order valence-corrected chi connectivity index (χ3v) is 4.41. The number of esters is 1.